The maximum absolute atomic E-state index is 6.37. The van der Waals surface area contributed by atoms with Crippen LogP contribution in [0.3, 0.4) is 0 Å². The van der Waals surface area contributed by atoms with Gasteiger partial charge in [0, 0.05) is 10.4 Å². The molecular formula is C15H25ClN2S. The molecule has 0 aliphatic carbocycles. The minimum absolute atomic E-state index is 0.102. The van der Waals surface area contributed by atoms with E-state index >= 15 is 0 Å². The smallest absolute Gasteiger partial charge is 0.0611 e. The minimum atomic E-state index is 0.102. The number of hydrogen-bond acceptors (Lipinski definition) is 3. The normalized spacial score (nSPS) is 19.6. The van der Waals surface area contributed by atoms with Gasteiger partial charge in [-0.3, -0.25) is 4.90 Å². The van der Waals surface area contributed by atoms with Crippen molar-refractivity contribution in [1.29, 1.82) is 0 Å². The number of halogens is 1. The Labute approximate surface area is 126 Å². The summed E-state index contributed by atoms with van der Waals surface area (Å²) in [7, 11) is 0. The van der Waals surface area contributed by atoms with E-state index in [0.717, 1.165) is 11.6 Å². The molecule has 1 fully saturated rings. The summed E-state index contributed by atoms with van der Waals surface area (Å²) >= 11 is 8.13. The van der Waals surface area contributed by atoms with Crippen molar-refractivity contribution >= 4 is 22.9 Å². The molecule has 2 nitrogen and oxygen atoms in total. The summed E-state index contributed by atoms with van der Waals surface area (Å²) in [5, 5.41) is 6.64. The average molecular weight is 301 g/mol. The third-order valence-corrected chi connectivity index (χ3v) is 5.62. The van der Waals surface area contributed by atoms with Crippen LogP contribution in [0.4, 0.5) is 0 Å². The summed E-state index contributed by atoms with van der Waals surface area (Å²) in [6, 6.07) is 2.32. The lowest BCUT2D eigenvalue weighted by molar-refractivity contribution is 0.0624. The molecule has 4 heteroatoms. The van der Waals surface area contributed by atoms with E-state index in [9.17, 15) is 0 Å². The van der Waals surface area contributed by atoms with Crippen LogP contribution in [-0.4, -0.2) is 30.1 Å². The van der Waals surface area contributed by atoms with E-state index in [2.05, 4.69) is 36.4 Å². The maximum Gasteiger partial charge on any atom is 0.0611 e. The number of likely N-dealkylation sites (tertiary alicyclic amines) is 1. The van der Waals surface area contributed by atoms with Crippen LogP contribution in [0.5, 0.6) is 0 Å². The van der Waals surface area contributed by atoms with Crippen LogP contribution in [0.1, 0.15) is 51.0 Å². The molecular weight excluding hydrogens is 276 g/mol. The molecule has 1 atom stereocenters. The molecule has 1 aliphatic rings. The number of nitrogens with zero attached hydrogens (tertiary/aromatic N) is 1. The highest BCUT2D eigenvalue weighted by molar-refractivity contribution is 7.10. The molecule has 0 bridgehead atoms. The second kappa shape index (κ2) is 6.57. The second-order valence-corrected chi connectivity index (χ2v) is 7.18. The summed E-state index contributed by atoms with van der Waals surface area (Å²) in [5.74, 6) is 0. The lowest BCUT2D eigenvalue weighted by Crippen LogP contribution is -2.54. The Bertz CT molecular complexity index is 397. The van der Waals surface area contributed by atoms with E-state index in [4.69, 9.17) is 11.6 Å². The molecule has 1 aromatic heterocycles. The Kier molecular flexibility index (Phi) is 5.29. The first-order valence-electron chi connectivity index (χ1n) is 7.28. The Morgan fingerprint density at radius 3 is 2.58 bits per heavy atom. The number of nitrogens with one attached hydrogen (secondary N) is 1. The molecule has 0 aromatic carbocycles. The molecule has 0 saturated carbocycles. The molecule has 1 aromatic rings. The van der Waals surface area contributed by atoms with Gasteiger partial charge >= 0.3 is 0 Å². The van der Waals surface area contributed by atoms with Gasteiger partial charge in [-0.15, -0.1) is 11.3 Å². The number of thiophene rings is 1. The fraction of sp³-hybridized carbons (Fsp3) is 0.733. The van der Waals surface area contributed by atoms with E-state index in [0.29, 0.717) is 6.04 Å². The van der Waals surface area contributed by atoms with Gasteiger partial charge in [-0.2, -0.15) is 0 Å². The van der Waals surface area contributed by atoms with Gasteiger partial charge in [0.05, 0.1) is 11.1 Å². The second-order valence-electron chi connectivity index (χ2n) is 5.82. The van der Waals surface area contributed by atoms with Gasteiger partial charge in [-0.1, -0.05) is 24.9 Å². The number of piperidine rings is 1. The zero-order valence-electron chi connectivity index (χ0n) is 12.2. The summed E-state index contributed by atoms with van der Waals surface area (Å²) in [6.07, 6.45) is 4.01. The van der Waals surface area contributed by atoms with Gasteiger partial charge < -0.3 is 5.32 Å². The topological polar surface area (TPSA) is 15.3 Å². The molecule has 1 unspecified atom stereocenters. The maximum atomic E-state index is 6.37. The first kappa shape index (κ1) is 15.3. The molecule has 108 valence electrons. The molecule has 1 saturated heterocycles. The molecule has 2 heterocycles. The highest BCUT2D eigenvalue weighted by Gasteiger charge is 2.37. The Morgan fingerprint density at radius 2 is 2.05 bits per heavy atom. The van der Waals surface area contributed by atoms with Gasteiger partial charge in [0.15, 0.2) is 0 Å². The number of hydrogen-bond donors (Lipinski definition) is 1. The molecule has 1 N–H and O–H groups in total. The molecule has 0 amide bonds. The zero-order valence-corrected chi connectivity index (χ0v) is 13.8. The number of rotatable bonds is 5. The fourth-order valence-electron chi connectivity index (χ4n) is 3.03. The summed E-state index contributed by atoms with van der Waals surface area (Å²) < 4.78 is 0. The van der Waals surface area contributed by atoms with E-state index < -0.39 is 0 Å². The van der Waals surface area contributed by atoms with Crippen molar-refractivity contribution in [1.82, 2.24) is 10.2 Å². The Hall–Kier alpha value is -0.0900. The van der Waals surface area contributed by atoms with Crippen molar-refractivity contribution in [3.63, 3.8) is 0 Å². The summed E-state index contributed by atoms with van der Waals surface area (Å²) in [6.45, 7) is 10.2. The SMILES string of the molecule is CCNC(c1sccc1Cl)C(C)(C)N1CCCCC1. The molecule has 1 aliphatic heterocycles. The van der Waals surface area contributed by atoms with Crippen molar-refractivity contribution in [2.45, 2.75) is 51.6 Å². The molecule has 19 heavy (non-hydrogen) atoms. The van der Waals surface area contributed by atoms with Gasteiger partial charge in [0.1, 0.15) is 0 Å². The van der Waals surface area contributed by atoms with Gasteiger partial charge in [0.25, 0.3) is 0 Å². The highest BCUT2D eigenvalue weighted by Crippen LogP contribution is 2.38. The molecule has 0 spiro atoms. The van der Waals surface area contributed by atoms with Crippen LogP contribution in [0.25, 0.3) is 0 Å². The van der Waals surface area contributed by atoms with E-state index in [1.807, 2.05) is 6.07 Å². The summed E-state index contributed by atoms with van der Waals surface area (Å²) in [4.78, 5) is 3.90. The predicted molar refractivity (Wildman–Crippen MR) is 85.2 cm³/mol. The van der Waals surface area contributed by atoms with Crippen molar-refractivity contribution in [2.75, 3.05) is 19.6 Å². The Balaban J connectivity index is 2.24. The van der Waals surface area contributed by atoms with Gasteiger partial charge in [0.2, 0.25) is 0 Å². The molecule has 0 radical (unpaired) electrons. The van der Waals surface area contributed by atoms with Crippen molar-refractivity contribution in [3.05, 3.63) is 21.3 Å². The van der Waals surface area contributed by atoms with Crippen LogP contribution in [0.15, 0.2) is 11.4 Å². The third-order valence-electron chi connectivity index (χ3n) is 4.19. The van der Waals surface area contributed by atoms with E-state index in [1.54, 1.807) is 11.3 Å². The van der Waals surface area contributed by atoms with E-state index in [1.165, 1.54) is 37.2 Å². The quantitative estimate of drug-likeness (QED) is 0.871. The van der Waals surface area contributed by atoms with E-state index in [-0.39, 0.29) is 5.54 Å². The standard InChI is InChI=1S/C15H25ClN2S/c1-4-17-14(13-12(16)8-11-19-13)15(2,3)18-9-6-5-7-10-18/h8,11,14,17H,4-7,9-10H2,1-3H3. The van der Waals surface area contributed by atoms with Crippen LogP contribution in [-0.2, 0) is 0 Å². The van der Waals surface area contributed by atoms with Crippen molar-refractivity contribution in [2.24, 2.45) is 0 Å². The first-order valence-corrected chi connectivity index (χ1v) is 8.54. The lowest BCUT2D eigenvalue weighted by atomic mass is 9.89. The monoisotopic (exact) mass is 300 g/mol. The minimum Gasteiger partial charge on any atom is -0.308 e. The first-order chi connectivity index (χ1) is 9.07. The van der Waals surface area contributed by atoms with Crippen molar-refractivity contribution in [3.8, 4) is 0 Å². The van der Waals surface area contributed by atoms with Crippen LogP contribution in [0, 0.1) is 0 Å². The number of likely N-dealkylation sites (N-methyl/N-ethyl adjacent to an activating group) is 1. The predicted octanol–water partition coefficient (Wildman–Crippen LogP) is 4.32. The van der Waals surface area contributed by atoms with Gasteiger partial charge in [-0.05, 0) is 57.8 Å². The largest absolute Gasteiger partial charge is 0.308 e. The molecule has 2 rings (SSSR count). The Morgan fingerprint density at radius 1 is 1.37 bits per heavy atom. The lowest BCUT2D eigenvalue weighted by Gasteiger charge is -2.46. The highest BCUT2D eigenvalue weighted by atomic mass is 35.5. The van der Waals surface area contributed by atoms with Crippen LogP contribution >= 0.6 is 22.9 Å². The average Bonchev–Trinajstić information content (AvgIpc) is 2.83. The van der Waals surface area contributed by atoms with Crippen LogP contribution in [0.2, 0.25) is 5.02 Å². The van der Waals surface area contributed by atoms with Gasteiger partial charge in [-0.25, -0.2) is 0 Å². The van der Waals surface area contributed by atoms with Crippen molar-refractivity contribution < 1.29 is 0 Å². The van der Waals surface area contributed by atoms with Crippen LogP contribution < -0.4 is 5.32 Å². The third kappa shape index (κ3) is 3.33. The zero-order chi connectivity index (χ0) is 13.9. The fourth-order valence-corrected chi connectivity index (χ4v) is 4.45. The summed E-state index contributed by atoms with van der Waals surface area (Å²) in [5.41, 5.74) is 0.102.